The summed E-state index contributed by atoms with van der Waals surface area (Å²) in [6.45, 7) is 6.10. The largest absolute Gasteiger partial charge is 0.381 e. The van der Waals surface area contributed by atoms with Crippen molar-refractivity contribution in [1.29, 1.82) is 5.41 Å². The third-order valence-corrected chi connectivity index (χ3v) is 6.50. The molecular formula is C26H27FN8O2. The summed E-state index contributed by atoms with van der Waals surface area (Å²) in [4.78, 5) is 20.7. The van der Waals surface area contributed by atoms with E-state index in [1.165, 1.54) is 12.1 Å². The van der Waals surface area contributed by atoms with Crippen LogP contribution in [0.15, 0.2) is 64.5 Å². The van der Waals surface area contributed by atoms with Gasteiger partial charge in [0.2, 0.25) is 5.95 Å². The monoisotopic (exact) mass is 502 g/mol. The maximum absolute atomic E-state index is 13.3. The molecule has 1 aromatic carbocycles. The highest BCUT2D eigenvalue weighted by molar-refractivity contribution is 6.01. The number of aliphatic hydroxyl groups is 1. The fourth-order valence-corrected chi connectivity index (χ4v) is 4.35. The summed E-state index contributed by atoms with van der Waals surface area (Å²) in [5.41, 5.74) is 2.14. The molecule has 0 spiro atoms. The molecule has 3 aromatic heterocycles. The smallest absolute Gasteiger partial charge is 0.225 e. The average Bonchev–Trinajstić information content (AvgIpc) is 3.57. The van der Waals surface area contributed by atoms with Gasteiger partial charge in [0.1, 0.15) is 29.2 Å². The normalized spacial score (nSPS) is 16.1. The first-order chi connectivity index (χ1) is 17.8. The fourth-order valence-electron chi connectivity index (χ4n) is 4.35. The van der Waals surface area contributed by atoms with E-state index in [0.29, 0.717) is 49.1 Å². The Bertz CT molecular complexity index is 1400. The molecule has 10 nitrogen and oxygen atoms in total. The van der Waals surface area contributed by atoms with Gasteiger partial charge in [-0.15, -0.1) is 0 Å². The third kappa shape index (κ3) is 4.98. The van der Waals surface area contributed by atoms with Gasteiger partial charge >= 0.3 is 0 Å². The first-order valence-corrected chi connectivity index (χ1v) is 11.8. The van der Waals surface area contributed by atoms with Crippen molar-refractivity contribution < 1.29 is 14.0 Å². The number of piperazine rings is 1. The molecule has 37 heavy (non-hydrogen) atoms. The van der Waals surface area contributed by atoms with Crippen molar-refractivity contribution >= 4 is 18.1 Å². The average molecular weight is 503 g/mol. The Labute approximate surface area is 213 Å². The standard InChI is InChI=1S/C26H27FN8O2/c1-17-11-22(33-37-17)18-12-23(29-13-18)24(32-16-28)34-7-9-35(10-8-34)25-30-14-20(15-31-25)26(2,36)19-3-5-21(27)6-4-19/h3-6,11-16,28-29,36H,7-10H2,1-2H3/t26-/m1/s1. The van der Waals surface area contributed by atoms with Gasteiger partial charge in [-0.3, -0.25) is 5.41 Å². The second-order valence-corrected chi connectivity index (χ2v) is 9.03. The number of H-pyrrole nitrogens is 1. The molecule has 1 atom stereocenters. The first-order valence-electron chi connectivity index (χ1n) is 11.8. The number of aromatic amines is 1. The van der Waals surface area contributed by atoms with E-state index in [2.05, 4.69) is 34.9 Å². The van der Waals surface area contributed by atoms with Crippen molar-refractivity contribution in [1.82, 2.24) is 25.0 Å². The number of aliphatic imine (C=N–C) groups is 1. The van der Waals surface area contributed by atoms with Crippen LogP contribution >= 0.6 is 0 Å². The Morgan fingerprint density at radius 2 is 1.84 bits per heavy atom. The Morgan fingerprint density at radius 3 is 2.46 bits per heavy atom. The quantitative estimate of drug-likeness (QED) is 0.272. The Hall–Kier alpha value is -4.38. The molecule has 1 fully saturated rings. The van der Waals surface area contributed by atoms with Gasteiger partial charge in [-0.1, -0.05) is 17.3 Å². The molecule has 1 aliphatic heterocycles. The van der Waals surface area contributed by atoms with E-state index in [0.717, 1.165) is 29.1 Å². The summed E-state index contributed by atoms with van der Waals surface area (Å²) in [5.74, 6) is 1.61. The molecule has 1 saturated heterocycles. The number of nitrogens with one attached hydrogen (secondary N) is 2. The number of amidine groups is 1. The number of aromatic nitrogens is 4. The van der Waals surface area contributed by atoms with Crippen molar-refractivity contribution in [2.24, 2.45) is 4.99 Å². The Morgan fingerprint density at radius 1 is 1.14 bits per heavy atom. The highest BCUT2D eigenvalue weighted by atomic mass is 19.1. The molecule has 11 heteroatoms. The molecule has 190 valence electrons. The first kappa shape index (κ1) is 24.3. The molecule has 3 N–H and O–H groups in total. The SMILES string of the molecule is Cc1cc(-c2c[nH]c(C(=NC=N)N3CCN(c4ncc([C@](C)(O)c5ccc(F)cc5)cn4)CC3)c2)no1. The van der Waals surface area contributed by atoms with E-state index >= 15 is 0 Å². The zero-order chi connectivity index (χ0) is 26.0. The lowest BCUT2D eigenvalue weighted by atomic mass is 9.90. The summed E-state index contributed by atoms with van der Waals surface area (Å²) >= 11 is 0. The third-order valence-electron chi connectivity index (χ3n) is 6.50. The predicted octanol–water partition coefficient (Wildman–Crippen LogP) is 3.34. The summed E-state index contributed by atoms with van der Waals surface area (Å²) in [7, 11) is 0. The number of rotatable bonds is 6. The second kappa shape index (κ2) is 9.94. The molecule has 4 aromatic rings. The minimum absolute atomic E-state index is 0.360. The van der Waals surface area contributed by atoms with Crippen LogP contribution < -0.4 is 4.90 Å². The number of halogens is 1. The molecule has 1 aliphatic rings. The maximum Gasteiger partial charge on any atom is 0.225 e. The Kier molecular flexibility index (Phi) is 6.53. The molecule has 0 saturated carbocycles. The van der Waals surface area contributed by atoms with Crippen molar-refractivity contribution in [2.45, 2.75) is 19.4 Å². The second-order valence-electron chi connectivity index (χ2n) is 9.03. The van der Waals surface area contributed by atoms with Gasteiger partial charge in [0, 0.05) is 62.0 Å². The zero-order valence-corrected chi connectivity index (χ0v) is 20.5. The summed E-state index contributed by atoms with van der Waals surface area (Å²) in [5, 5.41) is 22.6. The van der Waals surface area contributed by atoms with Gasteiger partial charge in [-0.25, -0.2) is 19.4 Å². The van der Waals surface area contributed by atoms with E-state index in [1.807, 2.05) is 25.3 Å². The Balaban J connectivity index is 1.26. The lowest BCUT2D eigenvalue weighted by Gasteiger charge is -2.36. The van der Waals surface area contributed by atoms with Crippen molar-refractivity contribution in [2.75, 3.05) is 31.1 Å². The summed E-state index contributed by atoms with van der Waals surface area (Å²) in [6.07, 6.45) is 6.09. The van der Waals surface area contributed by atoms with Gasteiger partial charge in [-0.2, -0.15) is 0 Å². The molecule has 0 unspecified atom stereocenters. The zero-order valence-electron chi connectivity index (χ0n) is 20.5. The minimum atomic E-state index is -1.34. The van der Waals surface area contributed by atoms with Gasteiger partial charge in [0.05, 0.1) is 5.69 Å². The van der Waals surface area contributed by atoms with E-state index in [1.54, 1.807) is 31.5 Å². The number of aryl methyl sites for hydroxylation is 1. The number of benzene rings is 1. The number of nitrogens with zero attached hydrogens (tertiary/aromatic N) is 6. The molecule has 0 aliphatic carbocycles. The topological polar surface area (TPSA) is 131 Å². The summed E-state index contributed by atoms with van der Waals surface area (Å²) < 4.78 is 18.5. The van der Waals surface area contributed by atoms with Crippen molar-refractivity contribution in [3.63, 3.8) is 0 Å². The highest BCUT2D eigenvalue weighted by Crippen LogP contribution is 2.29. The summed E-state index contributed by atoms with van der Waals surface area (Å²) in [6, 6.07) is 9.55. The van der Waals surface area contributed by atoms with Crippen molar-refractivity contribution in [3.8, 4) is 11.3 Å². The van der Waals surface area contributed by atoms with Crippen LogP contribution in [0.25, 0.3) is 11.3 Å². The highest BCUT2D eigenvalue weighted by Gasteiger charge is 2.28. The van der Waals surface area contributed by atoms with Crippen LogP contribution in [0.4, 0.5) is 10.3 Å². The van der Waals surface area contributed by atoms with Gasteiger partial charge in [0.25, 0.3) is 0 Å². The molecule has 0 amide bonds. The number of hydrogen-bond acceptors (Lipinski definition) is 7. The van der Waals surface area contributed by atoms with Crippen molar-refractivity contribution in [3.05, 3.63) is 83.4 Å². The maximum atomic E-state index is 13.3. The molecular weight excluding hydrogens is 475 g/mol. The number of hydrogen-bond donors (Lipinski definition) is 3. The van der Waals surface area contributed by atoms with Crippen LogP contribution in [0.5, 0.6) is 0 Å². The van der Waals surface area contributed by atoms with Crippen LogP contribution in [-0.4, -0.2) is 68.5 Å². The van der Waals surface area contributed by atoms with Crippen LogP contribution in [0, 0.1) is 18.2 Å². The van der Waals surface area contributed by atoms with Crippen LogP contribution in [-0.2, 0) is 5.60 Å². The lowest BCUT2D eigenvalue weighted by molar-refractivity contribution is 0.101. The number of anilines is 1. The minimum Gasteiger partial charge on any atom is -0.381 e. The fraction of sp³-hybridized carbons (Fsp3) is 0.269. The lowest BCUT2D eigenvalue weighted by Crippen LogP contribution is -2.49. The van der Waals surface area contributed by atoms with Gasteiger partial charge in [-0.05, 0) is 37.6 Å². The van der Waals surface area contributed by atoms with Crippen LogP contribution in [0.1, 0.15) is 29.5 Å². The van der Waals surface area contributed by atoms with Crippen LogP contribution in [0.2, 0.25) is 0 Å². The van der Waals surface area contributed by atoms with E-state index in [9.17, 15) is 9.50 Å². The molecule has 4 heterocycles. The van der Waals surface area contributed by atoms with E-state index in [4.69, 9.17) is 9.93 Å². The predicted molar refractivity (Wildman–Crippen MR) is 137 cm³/mol. The van der Waals surface area contributed by atoms with Crippen LogP contribution in [0.3, 0.4) is 0 Å². The molecule has 0 radical (unpaired) electrons. The van der Waals surface area contributed by atoms with Gasteiger partial charge in [0.15, 0.2) is 5.84 Å². The molecule has 0 bridgehead atoms. The van der Waals surface area contributed by atoms with E-state index in [-0.39, 0.29) is 5.82 Å². The van der Waals surface area contributed by atoms with E-state index < -0.39 is 5.60 Å². The molecule has 5 rings (SSSR count). The van der Waals surface area contributed by atoms with Gasteiger partial charge < -0.3 is 24.4 Å².